The van der Waals surface area contributed by atoms with E-state index >= 15 is 0 Å². The molecule has 1 aromatic heterocycles. The van der Waals surface area contributed by atoms with E-state index in [1.807, 2.05) is 31.2 Å². The fourth-order valence-corrected chi connectivity index (χ4v) is 2.39. The second-order valence-corrected chi connectivity index (χ2v) is 5.02. The molecule has 2 rings (SSSR count). The van der Waals surface area contributed by atoms with Crippen molar-refractivity contribution >= 4 is 28.6 Å². The molecule has 17 heavy (non-hydrogen) atoms. The summed E-state index contributed by atoms with van der Waals surface area (Å²) in [7, 11) is 0. The summed E-state index contributed by atoms with van der Waals surface area (Å²) in [6.45, 7) is 3.46. The van der Waals surface area contributed by atoms with Crippen LogP contribution in [0.1, 0.15) is 12.7 Å². The summed E-state index contributed by atoms with van der Waals surface area (Å²) in [6.07, 6.45) is 0. The normalized spacial score (nSPS) is 12.6. The Morgan fingerprint density at radius 1 is 1.35 bits per heavy atom. The third kappa shape index (κ3) is 2.55. The fourth-order valence-electron chi connectivity index (χ4n) is 1.47. The van der Waals surface area contributed by atoms with Crippen molar-refractivity contribution < 1.29 is 9.90 Å². The van der Waals surface area contributed by atoms with Crippen LogP contribution < -0.4 is 0 Å². The van der Waals surface area contributed by atoms with Crippen LogP contribution in [0.3, 0.4) is 0 Å². The van der Waals surface area contributed by atoms with Crippen molar-refractivity contribution in [2.45, 2.75) is 24.1 Å². The number of hydrogen-bond donors (Lipinski definition) is 1. The predicted octanol–water partition coefficient (Wildman–Crippen LogP) is 2.50. The smallest absolute Gasteiger partial charge is 0.316 e. The second kappa shape index (κ2) is 4.71. The van der Waals surface area contributed by atoms with Crippen molar-refractivity contribution in [2.24, 2.45) is 0 Å². The van der Waals surface area contributed by atoms with Gasteiger partial charge >= 0.3 is 5.97 Å². The first-order chi connectivity index (χ1) is 8.08. The van der Waals surface area contributed by atoms with Gasteiger partial charge in [-0.05, 0) is 19.9 Å². The molecule has 1 atom stereocenters. The molecular weight excluding hydrogens is 236 g/mol. The zero-order valence-electron chi connectivity index (χ0n) is 9.54. The van der Waals surface area contributed by atoms with Crippen molar-refractivity contribution in [3.8, 4) is 0 Å². The van der Waals surface area contributed by atoms with E-state index in [0.29, 0.717) is 5.82 Å². The molecule has 1 aromatic carbocycles. The van der Waals surface area contributed by atoms with Gasteiger partial charge in [-0.2, -0.15) is 0 Å². The van der Waals surface area contributed by atoms with Gasteiger partial charge in [-0.15, -0.1) is 0 Å². The molecule has 0 fully saturated rings. The number of aromatic nitrogens is 2. The minimum atomic E-state index is -0.838. The Morgan fingerprint density at radius 2 is 2.06 bits per heavy atom. The SMILES string of the molecule is Cc1nc(S[C@@H](C)C(=O)O)c2ccccc2n1. The largest absolute Gasteiger partial charge is 0.480 e. The number of carboxylic acid groups (broad SMARTS) is 1. The number of fused-ring (bicyclic) bond motifs is 1. The van der Waals surface area contributed by atoms with E-state index in [2.05, 4.69) is 9.97 Å². The van der Waals surface area contributed by atoms with Crippen LogP contribution in [0.15, 0.2) is 29.3 Å². The maximum Gasteiger partial charge on any atom is 0.316 e. The molecule has 0 aliphatic heterocycles. The summed E-state index contributed by atoms with van der Waals surface area (Å²) in [6, 6.07) is 7.62. The summed E-state index contributed by atoms with van der Waals surface area (Å²) in [5.74, 6) is -0.181. The number of aliphatic carboxylic acids is 1. The molecule has 88 valence electrons. The molecule has 0 bridgehead atoms. The molecular formula is C12H12N2O2S. The number of para-hydroxylation sites is 1. The van der Waals surface area contributed by atoms with Gasteiger partial charge in [0.05, 0.1) is 5.52 Å². The Labute approximate surface area is 103 Å². The first kappa shape index (κ1) is 11.9. The molecule has 0 unspecified atom stereocenters. The summed E-state index contributed by atoms with van der Waals surface area (Å²) >= 11 is 1.24. The molecule has 0 amide bonds. The number of aryl methyl sites for hydroxylation is 1. The van der Waals surface area contributed by atoms with Crippen LogP contribution in [0.2, 0.25) is 0 Å². The number of carbonyl (C=O) groups is 1. The topological polar surface area (TPSA) is 63.1 Å². The molecule has 0 radical (unpaired) electrons. The Kier molecular flexibility index (Phi) is 3.28. The Balaban J connectivity index is 2.49. The van der Waals surface area contributed by atoms with Crippen LogP contribution in [-0.2, 0) is 4.79 Å². The standard InChI is InChI=1S/C12H12N2O2S/c1-7(12(15)16)17-11-9-5-3-4-6-10(9)13-8(2)14-11/h3-7H,1-2H3,(H,15,16)/t7-/m0/s1. The molecule has 0 saturated heterocycles. The van der Waals surface area contributed by atoms with Crippen molar-refractivity contribution in [1.29, 1.82) is 0 Å². The van der Waals surface area contributed by atoms with Crippen LogP contribution in [0.5, 0.6) is 0 Å². The molecule has 4 nitrogen and oxygen atoms in total. The maximum absolute atomic E-state index is 10.9. The Hall–Kier alpha value is -1.62. The highest BCUT2D eigenvalue weighted by Crippen LogP contribution is 2.28. The van der Waals surface area contributed by atoms with Crippen LogP contribution in [0.4, 0.5) is 0 Å². The fraction of sp³-hybridized carbons (Fsp3) is 0.250. The first-order valence-electron chi connectivity index (χ1n) is 5.21. The van der Waals surface area contributed by atoms with Gasteiger partial charge in [0, 0.05) is 5.39 Å². The van der Waals surface area contributed by atoms with E-state index in [1.54, 1.807) is 6.92 Å². The lowest BCUT2D eigenvalue weighted by Gasteiger charge is -2.08. The monoisotopic (exact) mass is 248 g/mol. The van der Waals surface area contributed by atoms with Gasteiger partial charge in [-0.3, -0.25) is 4.79 Å². The third-order valence-corrected chi connectivity index (χ3v) is 3.41. The number of hydrogen-bond acceptors (Lipinski definition) is 4. The van der Waals surface area contributed by atoms with Gasteiger partial charge in [-0.1, -0.05) is 30.0 Å². The molecule has 1 heterocycles. The minimum Gasteiger partial charge on any atom is -0.480 e. The van der Waals surface area contributed by atoms with Crippen LogP contribution in [0.25, 0.3) is 10.9 Å². The zero-order valence-corrected chi connectivity index (χ0v) is 10.4. The maximum atomic E-state index is 10.9. The Morgan fingerprint density at radius 3 is 2.76 bits per heavy atom. The molecule has 1 N–H and O–H groups in total. The number of nitrogens with zero attached hydrogens (tertiary/aromatic N) is 2. The molecule has 0 spiro atoms. The van der Waals surface area contributed by atoms with E-state index in [0.717, 1.165) is 15.9 Å². The van der Waals surface area contributed by atoms with E-state index in [4.69, 9.17) is 5.11 Å². The van der Waals surface area contributed by atoms with E-state index < -0.39 is 11.2 Å². The molecule has 5 heteroatoms. The highest BCUT2D eigenvalue weighted by Gasteiger charge is 2.15. The highest BCUT2D eigenvalue weighted by molar-refractivity contribution is 8.00. The van der Waals surface area contributed by atoms with E-state index in [-0.39, 0.29) is 0 Å². The van der Waals surface area contributed by atoms with Crippen molar-refractivity contribution in [1.82, 2.24) is 9.97 Å². The highest BCUT2D eigenvalue weighted by atomic mass is 32.2. The van der Waals surface area contributed by atoms with Gasteiger partial charge in [-0.25, -0.2) is 9.97 Å². The quantitative estimate of drug-likeness (QED) is 0.668. The lowest BCUT2D eigenvalue weighted by atomic mass is 10.2. The van der Waals surface area contributed by atoms with Gasteiger partial charge in [0.1, 0.15) is 16.1 Å². The summed E-state index contributed by atoms with van der Waals surface area (Å²) in [5, 5.41) is 10.0. The van der Waals surface area contributed by atoms with Crippen molar-refractivity contribution in [3.05, 3.63) is 30.1 Å². The van der Waals surface area contributed by atoms with E-state index in [1.165, 1.54) is 11.8 Å². The van der Waals surface area contributed by atoms with Crippen molar-refractivity contribution in [3.63, 3.8) is 0 Å². The van der Waals surface area contributed by atoms with Crippen LogP contribution >= 0.6 is 11.8 Å². The predicted molar refractivity (Wildman–Crippen MR) is 67.2 cm³/mol. The first-order valence-corrected chi connectivity index (χ1v) is 6.09. The van der Waals surface area contributed by atoms with Gasteiger partial charge in [0.25, 0.3) is 0 Å². The summed E-state index contributed by atoms with van der Waals surface area (Å²) in [4.78, 5) is 19.5. The lowest BCUT2D eigenvalue weighted by molar-refractivity contribution is -0.136. The van der Waals surface area contributed by atoms with Gasteiger partial charge in [0.15, 0.2) is 0 Å². The second-order valence-electron chi connectivity index (χ2n) is 3.69. The minimum absolute atomic E-state index is 0.521. The molecule has 2 aromatic rings. The third-order valence-electron chi connectivity index (χ3n) is 2.32. The molecule has 0 saturated carbocycles. The van der Waals surface area contributed by atoms with Gasteiger partial charge in [0.2, 0.25) is 0 Å². The number of carboxylic acids is 1. The van der Waals surface area contributed by atoms with Crippen LogP contribution in [0, 0.1) is 6.92 Å². The number of benzene rings is 1. The van der Waals surface area contributed by atoms with Crippen molar-refractivity contribution in [2.75, 3.05) is 0 Å². The summed E-state index contributed by atoms with van der Waals surface area (Å²) < 4.78 is 0. The lowest BCUT2D eigenvalue weighted by Crippen LogP contribution is -2.11. The number of rotatable bonds is 3. The zero-order chi connectivity index (χ0) is 12.4. The average Bonchev–Trinajstić information content (AvgIpc) is 2.28. The van der Waals surface area contributed by atoms with E-state index in [9.17, 15) is 4.79 Å². The molecule has 0 aliphatic carbocycles. The Bertz CT molecular complexity index is 571. The van der Waals surface area contributed by atoms with Gasteiger partial charge < -0.3 is 5.11 Å². The van der Waals surface area contributed by atoms with Crippen LogP contribution in [-0.4, -0.2) is 26.3 Å². The molecule has 0 aliphatic rings. The number of thioether (sulfide) groups is 1. The summed E-state index contributed by atoms with van der Waals surface area (Å²) in [5.41, 5.74) is 0.847. The average molecular weight is 248 g/mol.